The van der Waals surface area contributed by atoms with E-state index in [2.05, 4.69) is 38.1 Å². The lowest BCUT2D eigenvalue weighted by Crippen LogP contribution is -2.38. The van der Waals surface area contributed by atoms with Crippen LogP contribution in [-0.2, 0) is 11.3 Å². The van der Waals surface area contributed by atoms with Crippen LogP contribution in [0.4, 0.5) is 0 Å². The average Bonchev–Trinajstić information content (AvgIpc) is 2.65. The molecule has 1 unspecified atom stereocenters. The Morgan fingerprint density at radius 1 is 1.33 bits per heavy atom. The van der Waals surface area contributed by atoms with Crippen molar-refractivity contribution in [2.45, 2.75) is 51.6 Å². The van der Waals surface area contributed by atoms with E-state index in [4.69, 9.17) is 0 Å². The van der Waals surface area contributed by atoms with Crippen molar-refractivity contribution in [1.82, 2.24) is 19.8 Å². The molecule has 0 spiro atoms. The highest BCUT2D eigenvalue weighted by Crippen LogP contribution is 2.16. The van der Waals surface area contributed by atoms with Gasteiger partial charge in [0, 0.05) is 17.1 Å². The Hall–Kier alpha value is -1.73. The largest absolute Gasteiger partial charge is 0.355 e. The van der Waals surface area contributed by atoms with E-state index in [0.717, 1.165) is 23.9 Å². The van der Waals surface area contributed by atoms with Gasteiger partial charge in [-0.3, -0.25) is 14.2 Å². The third-order valence-corrected chi connectivity index (χ3v) is 5.73. The van der Waals surface area contributed by atoms with Crippen molar-refractivity contribution < 1.29 is 4.79 Å². The van der Waals surface area contributed by atoms with Crippen LogP contribution in [0.25, 0.3) is 10.9 Å². The van der Waals surface area contributed by atoms with Crippen LogP contribution in [-0.4, -0.2) is 46.0 Å². The molecule has 2 aromatic rings. The fraction of sp³-hybridized carbons (Fsp3) is 0.550. The number of amides is 1. The van der Waals surface area contributed by atoms with Crippen molar-refractivity contribution in [3.63, 3.8) is 0 Å². The topological polar surface area (TPSA) is 67.2 Å². The summed E-state index contributed by atoms with van der Waals surface area (Å²) in [6.45, 7) is 5.23. The molecule has 1 aromatic carbocycles. The van der Waals surface area contributed by atoms with Gasteiger partial charge < -0.3 is 10.2 Å². The Morgan fingerprint density at radius 2 is 2.19 bits per heavy atom. The summed E-state index contributed by atoms with van der Waals surface area (Å²) in [5, 5.41) is 3.42. The zero-order chi connectivity index (χ0) is 19.2. The minimum atomic E-state index is -0.199. The third-order valence-electron chi connectivity index (χ3n) is 5.23. The Bertz CT molecular complexity index is 851. The molecule has 1 aliphatic heterocycles. The first kappa shape index (κ1) is 20.0. The number of piperidine rings is 1. The molecule has 1 aliphatic rings. The van der Waals surface area contributed by atoms with Crippen LogP contribution < -0.4 is 10.9 Å². The quantitative estimate of drug-likeness (QED) is 0.680. The molecule has 1 atom stereocenters. The monoisotopic (exact) mass is 434 g/mol. The number of aromatic nitrogens is 2. The molecule has 1 saturated heterocycles. The van der Waals surface area contributed by atoms with E-state index in [1.165, 1.54) is 36.7 Å². The number of nitrogens with one attached hydrogen (secondary N) is 1. The SMILES string of the molecule is CC1CCCCN1CCCCNC(=O)Cn1cnc2ccc(Br)cc2c1=O. The average molecular weight is 435 g/mol. The smallest absolute Gasteiger partial charge is 0.261 e. The number of nitrogens with zero attached hydrogens (tertiary/aromatic N) is 3. The van der Waals surface area contributed by atoms with Crippen LogP contribution in [0.15, 0.2) is 33.8 Å². The number of hydrogen-bond donors (Lipinski definition) is 1. The van der Waals surface area contributed by atoms with Crippen LogP contribution >= 0.6 is 15.9 Å². The molecule has 3 rings (SSSR count). The molecular formula is C20H27BrN4O2. The third kappa shape index (κ3) is 5.39. The Morgan fingerprint density at radius 3 is 3.00 bits per heavy atom. The molecule has 1 amide bonds. The van der Waals surface area contributed by atoms with E-state index in [-0.39, 0.29) is 18.0 Å². The summed E-state index contributed by atoms with van der Waals surface area (Å²) in [5.41, 5.74) is 0.433. The van der Waals surface area contributed by atoms with Gasteiger partial charge in [0.2, 0.25) is 5.91 Å². The van der Waals surface area contributed by atoms with Gasteiger partial charge in [0.15, 0.2) is 0 Å². The minimum Gasteiger partial charge on any atom is -0.355 e. The highest BCUT2D eigenvalue weighted by Gasteiger charge is 2.17. The molecule has 0 bridgehead atoms. The van der Waals surface area contributed by atoms with Gasteiger partial charge in [-0.15, -0.1) is 0 Å². The van der Waals surface area contributed by atoms with Gasteiger partial charge in [0.1, 0.15) is 6.54 Å². The predicted molar refractivity (Wildman–Crippen MR) is 111 cm³/mol. The second-order valence-corrected chi connectivity index (χ2v) is 8.19. The van der Waals surface area contributed by atoms with Gasteiger partial charge in [-0.25, -0.2) is 4.98 Å². The van der Waals surface area contributed by atoms with Crippen molar-refractivity contribution in [3.8, 4) is 0 Å². The molecule has 6 nitrogen and oxygen atoms in total. The maximum Gasteiger partial charge on any atom is 0.261 e. The lowest BCUT2D eigenvalue weighted by atomic mass is 10.0. The van der Waals surface area contributed by atoms with Crippen LogP contribution in [0.2, 0.25) is 0 Å². The maximum atomic E-state index is 12.5. The van der Waals surface area contributed by atoms with Gasteiger partial charge in [0.05, 0.1) is 17.2 Å². The Kier molecular flexibility index (Phi) is 7.01. The molecule has 0 aliphatic carbocycles. The normalized spacial score (nSPS) is 17.9. The van der Waals surface area contributed by atoms with Crippen molar-refractivity contribution in [3.05, 3.63) is 39.4 Å². The van der Waals surface area contributed by atoms with Crippen molar-refractivity contribution in [1.29, 1.82) is 0 Å². The van der Waals surface area contributed by atoms with Crippen LogP contribution in [0.1, 0.15) is 39.0 Å². The lowest BCUT2D eigenvalue weighted by Gasteiger charge is -2.33. The maximum absolute atomic E-state index is 12.5. The highest BCUT2D eigenvalue weighted by molar-refractivity contribution is 9.10. The lowest BCUT2D eigenvalue weighted by molar-refractivity contribution is -0.121. The van der Waals surface area contributed by atoms with Crippen LogP contribution in [0.5, 0.6) is 0 Å². The molecule has 27 heavy (non-hydrogen) atoms. The van der Waals surface area contributed by atoms with Crippen molar-refractivity contribution in [2.75, 3.05) is 19.6 Å². The van der Waals surface area contributed by atoms with Crippen LogP contribution in [0.3, 0.4) is 0 Å². The number of fused-ring (bicyclic) bond motifs is 1. The van der Waals surface area contributed by atoms with Crippen molar-refractivity contribution in [2.24, 2.45) is 0 Å². The number of likely N-dealkylation sites (tertiary alicyclic amines) is 1. The van der Waals surface area contributed by atoms with E-state index >= 15 is 0 Å². The summed E-state index contributed by atoms with van der Waals surface area (Å²) in [6, 6.07) is 6.05. The van der Waals surface area contributed by atoms with Gasteiger partial charge in [-0.2, -0.15) is 0 Å². The Balaban J connectivity index is 1.45. The second kappa shape index (κ2) is 9.46. The summed E-state index contributed by atoms with van der Waals surface area (Å²) in [7, 11) is 0. The van der Waals surface area contributed by atoms with E-state index < -0.39 is 0 Å². The first-order chi connectivity index (χ1) is 13.0. The predicted octanol–water partition coefficient (Wildman–Crippen LogP) is 2.93. The molecule has 0 radical (unpaired) electrons. The number of unbranched alkanes of at least 4 members (excludes halogenated alkanes) is 1. The van der Waals surface area contributed by atoms with Gasteiger partial charge in [0.25, 0.3) is 5.56 Å². The molecule has 1 aromatic heterocycles. The van der Waals surface area contributed by atoms with Gasteiger partial charge in [-0.1, -0.05) is 22.4 Å². The number of carbonyl (C=O) groups is 1. The summed E-state index contributed by atoms with van der Waals surface area (Å²) < 4.78 is 2.18. The standard InChI is InChI=1S/C20H27BrN4O2/c1-15-6-2-4-10-24(15)11-5-3-9-22-19(26)13-25-14-23-18-8-7-16(21)12-17(18)20(25)27/h7-8,12,14-15H,2-6,9-11,13H2,1H3,(H,22,26). The Labute approximate surface area is 168 Å². The zero-order valence-electron chi connectivity index (χ0n) is 15.8. The molecule has 2 heterocycles. The van der Waals surface area contributed by atoms with E-state index in [0.29, 0.717) is 23.5 Å². The number of rotatable bonds is 7. The summed E-state index contributed by atoms with van der Waals surface area (Å²) in [4.78, 5) is 31.5. The first-order valence-electron chi connectivity index (χ1n) is 9.70. The van der Waals surface area contributed by atoms with Gasteiger partial charge >= 0.3 is 0 Å². The zero-order valence-corrected chi connectivity index (χ0v) is 17.4. The van der Waals surface area contributed by atoms with Gasteiger partial charge in [-0.05, 0) is 63.9 Å². The minimum absolute atomic E-state index is 0.00253. The number of halogens is 1. The van der Waals surface area contributed by atoms with E-state index in [1.807, 2.05) is 6.07 Å². The fourth-order valence-corrected chi connectivity index (χ4v) is 3.97. The molecule has 1 N–H and O–H groups in total. The molecule has 7 heteroatoms. The fourth-order valence-electron chi connectivity index (χ4n) is 3.61. The number of benzene rings is 1. The number of hydrogen-bond acceptors (Lipinski definition) is 4. The van der Waals surface area contributed by atoms with Crippen molar-refractivity contribution >= 4 is 32.7 Å². The number of carbonyl (C=O) groups excluding carboxylic acids is 1. The first-order valence-corrected chi connectivity index (χ1v) is 10.5. The second-order valence-electron chi connectivity index (χ2n) is 7.28. The highest BCUT2D eigenvalue weighted by atomic mass is 79.9. The van der Waals surface area contributed by atoms with E-state index in [9.17, 15) is 9.59 Å². The summed E-state index contributed by atoms with van der Waals surface area (Å²) in [6.07, 6.45) is 7.40. The summed E-state index contributed by atoms with van der Waals surface area (Å²) in [5.74, 6) is -0.153. The molecule has 1 fully saturated rings. The van der Waals surface area contributed by atoms with E-state index in [1.54, 1.807) is 12.1 Å². The molecular weight excluding hydrogens is 408 g/mol. The summed E-state index contributed by atoms with van der Waals surface area (Å²) >= 11 is 3.36. The molecule has 0 saturated carbocycles. The molecule has 146 valence electrons. The van der Waals surface area contributed by atoms with Crippen LogP contribution in [0, 0.1) is 0 Å².